The summed E-state index contributed by atoms with van der Waals surface area (Å²) in [6, 6.07) is 0.608. The van der Waals surface area contributed by atoms with Crippen LogP contribution in [-0.2, 0) is 0 Å². The maximum atomic E-state index is 5.36. The van der Waals surface area contributed by atoms with Gasteiger partial charge in [-0.2, -0.15) is 0 Å². The minimum Gasteiger partial charge on any atom is -0.341 e. The molecule has 2 fully saturated rings. The summed E-state index contributed by atoms with van der Waals surface area (Å²) in [5.74, 6) is 1.98. The van der Waals surface area contributed by atoms with Gasteiger partial charge >= 0.3 is 0 Å². The van der Waals surface area contributed by atoms with Crippen molar-refractivity contribution in [2.75, 3.05) is 18.0 Å². The van der Waals surface area contributed by atoms with Crippen molar-refractivity contribution in [1.82, 2.24) is 14.8 Å². The van der Waals surface area contributed by atoms with E-state index in [-0.39, 0.29) is 0 Å². The highest BCUT2D eigenvalue weighted by molar-refractivity contribution is 7.71. The molecule has 18 heavy (non-hydrogen) atoms. The minimum absolute atomic E-state index is 0.608. The molecule has 1 aliphatic heterocycles. The zero-order valence-electron chi connectivity index (χ0n) is 11.1. The molecule has 1 aromatic heterocycles. The van der Waals surface area contributed by atoms with Crippen LogP contribution in [0, 0.1) is 10.7 Å². The molecule has 2 aliphatic rings. The maximum absolute atomic E-state index is 5.36. The van der Waals surface area contributed by atoms with E-state index in [0.717, 1.165) is 29.7 Å². The molecule has 1 aliphatic carbocycles. The van der Waals surface area contributed by atoms with E-state index in [9.17, 15) is 0 Å². The summed E-state index contributed by atoms with van der Waals surface area (Å²) in [7, 11) is 0. The van der Waals surface area contributed by atoms with Gasteiger partial charge in [0.15, 0.2) is 4.77 Å². The molecule has 1 N–H and O–H groups in total. The van der Waals surface area contributed by atoms with E-state index < -0.39 is 0 Å². The minimum atomic E-state index is 0.608. The number of hydrogen-bond donors (Lipinski definition) is 1. The molecule has 1 unspecified atom stereocenters. The van der Waals surface area contributed by atoms with Crippen LogP contribution in [0.25, 0.3) is 0 Å². The lowest BCUT2D eigenvalue weighted by Crippen LogP contribution is -2.27. The first-order valence-electron chi connectivity index (χ1n) is 7.21. The molecule has 2 heterocycles. The lowest BCUT2D eigenvalue weighted by Gasteiger charge is -2.22. The van der Waals surface area contributed by atoms with Crippen LogP contribution in [0.5, 0.6) is 0 Å². The topological polar surface area (TPSA) is 36.9 Å². The number of aromatic nitrogens is 3. The second-order valence-corrected chi connectivity index (χ2v) is 6.01. The highest BCUT2D eigenvalue weighted by Crippen LogP contribution is 2.38. The van der Waals surface area contributed by atoms with Gasteiger partial charge in [-0.25, -0.2) is 5.10 Å². The normalized spacial score (nSPS) is 25.2. The van der Waals surface area contributed by atoms with Crippen molar-refractivity contribution in [2.24, 2.45) is 5.92 Å². The molecule has 1 saturated carbocycles. The molecular weight excluding hydrogens is 244 g/mol. The molecule has 0 amide bonds. The summed E-state index contributed by atoms with van der Waals surface area (Å²) in [6.07, 6.45) is 7.76. The predicted molar refractivity (Wildman–Crippen MR) is 75.5 cm³/mol. The maximum Gasteiger partial charge on any atom is 0.225 e. The first-order chi connectivity index (χ1) is 8.79. The Morgan fingerprint density at radius 1 is 1.28 bits per heavy atom. The molecule has 0 aromatic carbocycles. The SMILES string of the molecule is CCC1CCCN(c2n[nH]c(=S)n2C2CC2)CC1. The Morgan fingerprint density at radius 3 is 2.83 bits per heavy atom. The van der Waals surface area contributed by atoms with Crippen molar-refractivity contribution in [3.63, 3.8) is 0 Å². The number of nitrogens with zero attached hydrogens (tertiary/aromatic N) is 3. The third kappa shape index (κ3) is 2.32. The third-order valence-corrected chi connectivity index (χ3v) is 4.59. The Labute approximate surface area is 113 Å². The number of hydrogen-bond acceptors (Lipinski definition) is 3. The molecule has 1 aromatic rings. The zero-order chi connectivity index (χ0) is 12.5. The molecule has 0 bridgehead atoms. The fourth-order valence-corrected chi connectivity index (χ4v) is 3.23. The van der Waals surface area contributed by atoms with Crippen LogP contribution in [0.15, 0.2) is 0 Å². The van der Waals surface area contributed by atoms with Crippen LogP contribution in [0.4, 0.5) is 5.95 Å². The van der Waals surface area contributed by atoms with Gasteiger partial charge in [0.25, 0.3) is 0 Å². The average molecular weight is 266 g/mol. The van der Waals surface area contributed by atoms with Gasteiger partial charge in [-0.1, -0.05) is 13.3 Å². The van der Waals surface area contributed by atoms with Crippen LogP contribution in [-0.4, -0.2) is 27.9 Å². The third-order valence-electron chi connectivity index (χ3n) is 4.31. The van der Waals surface area contributed by atoms with Gasteiger partial charge in [0.2, 0.25) is 5.95 Å². The van der Waals surface area contributed by atoms with E-state index in [4.69, 9.17) is 12.2 Å². The second-order valence-electron chi connectivity index (χ2n) is 5.62. The van der Waals surface area contributed by atoms with Gasteiger partial charge in [0.05, 0.1) is 0 Å². The summed E-state index contributed by atoms with van der Waals surface area (Å²) in [5.41, 5.74) is 0. The van der Waals surface area contributed by atoms with Crippen LogP contribution < -0.4 is 4.90 Å². The summed E-state index contributed by atoms with van der Waals surface area (Å²) in [6.45, 7) is 4.56. The van der Waals surface area contributed by atoms with E-state index in [0.29, 0.717) is 6.04 Å². The summed E-state index contributed by atoms with van der Waals surface area (Å²) < 4.78 is 3.03. The van der Waals surface area contributed by atoms with Crippen LogP contribution in [0.3, 0.4) is 0 Å². The first kappa shape index (κ1) is 12.2. The van der Waals surface area contributed by atoms with E-state index in [1.165, 1.54) is 38.5 Å². The van der Waals surface area contributed by atoms with Crippen molar-refractivity contribution < 1.29 is 0 Å². The molecular formula is C13H22N4S. The van der Waals surface area contributed by atoms with Gasteiger partial charge < -0.3 is 4.90 Å². The highest BCUT2D eigenvalue weighted by Gasteiger charge is 2.29. The Bertz CT molecular complexity index is 460. The monoisotopic (exact) mass is 266 g/mol. The van der Waals surface area contributed by atoms with Gasteiger partial charge in [0, 0.05) is 19.1 Å². The van der Waals surface area contributed by atoms with E-state index >= 15 is 0 Å². The van der Waals surface area contributed by atoms with E-state index in [1.807, 2.05) is 0 Å². The Hall–Kier alpha value is -0.840. The number of H-pyrrole nitrogens is 1. The van der Waals surface area contributed by atoms with Crippen LogP contribution in [0.1, 0.15) is 51.5 Å². The smallest absolute Gasteiger partial charge is 0.225 e. The standard InChI is InChI=1S/C13H22N4S/c1-2-10-4-3-8-16(9-7-10)12-14-15-13(18)17(12)11-5-6-11/h10-11H,2-9H2,1H3,(H,15,18). The second kappa shape index (κ2) is 5.03. The van der Waals surface area contributed by atoms with Gasteiger partial charge in [-0.05, 0) is 50.2 Å². The largest absolute Gasteiger partial charge is 0.341 e. The fourth-order valence-electron chi connectivity index (χ4n) is 2.95. The number of anilines is 1. The van der Waals surface area contributed by atoms with Crippen molar-refractivity contribution in [3.05, 3.63) is 4.77 Å². The number of aromatic amines is 1. The Kier molecular flexibility index (Phi) is 3.41. The quantitative estimate of drug-likeness (QED) is 0.853. The fraction of sp³-hybridized carbons (Fsp3) is 0.846. The predicted octanol–water partition coefficient (Wildman–Crippen LogP) is 3.29. The lowest BCUT2D eigenvalue weighted by atomic mass is 9.98. The summed E-state index contributed by atoms with van der Waals surface area (Å²) in [5, 5.41) is 7.44. The van der Waals surface area contributed by atoms with Gasteiger partial charge in [0.1, 0.15) is 0 Å². The highest BCUT2D eigenvalue weighted by atomic mass is 32.1. The zero-order valence-corrected chi connectivity index (χ0v) is 11.9. The molecule has 1 atom stereocenters. The van der Waals surface area contributed by atoms with Crippen molar-refractivity contribution in [3.8, 4) is 0 Å². The van der Waals surface area contributed by atoms with Gasteiger partial charge in [-0.3, -0.25) is 4.57 Å². The van der Waals surface area contributed by atoms with Gasteiger partial charge in [-0.15, -0.1) is 5.10 Å². The molecule has 4 nitrogen and oxygen atoms in total. The summed E-state index contributed by atoms with van der Waals surface area (Å²) in [4.78, 5) is 2.43. The Morgan fingerprint density at radius 2 is 2.11 bits per heavy atom. The van der Waals surface area contributed by atoms with E-state index in [1.54, 1.807) is 0 Å². The van der Waals surface area contributed by atoms with Crippen molar-refractivity contribution in [1.29, 1.82) is 0 Å². The van der Waals surface area contributed by atoms with Crippen molar-refractivity contribution >= 4 is 18.2 Å². The lowest BCUT2D eigenvalue weighted by molar-refractivity contribution is 0.459. The molecule has 5 heteroatoms. The first-order valence-corrected chi connectivity index (χ1v) is 7.62. The van der Waals surface area contributed by atoms with Crippen LogP contribution in [0.2, 0.25) is 0 Å². The van der Waals surface area contributed by atoms with E-state index in [2.05, 4.69) is 26.6 Å². The van der Waals surface area contributed by atoms with Crippen LogP contribution >= 0.6 is 12.2 Å². The number of nitrogens with one attached hydrogen (secondary N) is 1. The molecule has 0 spiro atoms. The number of rotatable bonds is 3. The Balaban J connectivity index is 1.80. The van der Waals surface area contributed by atoms with Crippen molar-refractivity contribution in [2.45, 2.75) is 51.5 Å². The molecule has 0 radical (unpaired) electrons. The molecule has 100 valence electrons. The average Bonchev–Trinajstić information content (AvgIpc) is 3.17. The summed E-state index contributed by atoms with van der Waals surface area (Å²) >= 11 is 5.36. The molecule has 3 rings (SSSR count). The molecule has 1 saturated heterocycles.